The summed E-state index contributed by atoms with van der Waals surface area (Å²) in [6.45, 7) is 0. The Hall–Kier alpha value is -1.07. The Morgan fingerprint density at radius 2 is 2.00 bits per heavy atom. The average molecular weight is 347 g/mol. The highest BCUT2D eigenvalue weighted by Gasteiger charge is 2.37. The van der Waals surface area contributed by atoms with E-state index in [0.29, 0.717) is 28.0 Å². The van der Waals surface area contributed by atoms with Crippen LogP contribution in [0.1, 0.15) is 19.3 Å². The molecule has 1 aromatic rings. The number of carboxylic acids is 1. The Kier molecular flexibility index (Phi) is 4.47. The first-order chi connectivity index (χ1) is 8.99. The summed E-state index contributed by atoms with van der Waals surface area (Å²) in [5.41, 5.74) is 0.609. The Labute approximate surface area is 124 Å². The van der Waals surface area contributed by atoms with E-state index in [1.165, 1.54) is 0 Å². The summed E-state index contributed by atoms with van der Waals surface area (Å²) in [5.74, 6) is -2.16. The van der Waals surface area contributed by atoms with Gasteiger partial charge in [-0.05, 0) is 47.0 Å². The van der Waals surface area contributed by atoms with Crippen molar-refractivity contribution in [1.29, 1.82) is 0 Å². The number of carboxylic acid groups (broad SMARTS) is 1. The van der Waals surface area contributed by atoms with E-state index < -0.39 is 17.8 Å². The normalized spacial score (nSPS) is 22.2. The second kappa shape index (κ2) is 5.92. The van der Waals surface area contributed by atoms with E-state index in [1.54, 1.807) is 18.2 Å². The zero-order valence-corrected chi connectivity index (χ0v) is 12.4. The van der Waals surface area contributed by atoms with E-state index in [1.807, 2.05) is 0 Å². The number of anilines is 1. The van der Waals surface area contributed by atoms with Crippen LogP contribution < -0.4 is 5.32 Å². The van der Waals surface area contributed by atoms with Crippen LogP contribution in [0.25, 0.3) is 0 Å². The zero-order valence-electron chi connectivity index (χ0n) is 10.0. The van der Waals surface area contributed by atoms with E-state index in [-0.39, 0.29) is 5.91 Å². The number of amides is 1. The molecule has 0 aliphatic heterocycles. The van der Waals surface area contributed by atoms with Gasteiger partial charge in [-0.1, -0.05) is 18.0 Å². The van der Waals surface area contributed by atoms with Gasteiger partial charge in [0.05, 0.1) is 16.9 Å². The number of aliphatic carboxylic acids is 1. The van der Waals surface area contributed by atoms with Crippen molar-refractivity contribution in [3.8, 4) is 0 Å². The SMILES string of the molecule is O=C(O)C1CCCC1C(=O)Nc1ccc(Cl)c(Br)c1. The third kappa shape index (κ3) is 3.28. The number of benzene rings is 1. The molecular formula is C13H13BrClNO3. The molecule has 0 radical (unpaired) electrons. The fraction of sp³-hybridized carbons (Fsp3) is 0.385. The average Bonchev–Trinajstić information content (AvgIpc) is 2.83. The van der Waals surface area contributed by atoms with Crippen molar-refractivity contribution in [3.05, 3.63) is 27.7 Å². The fourth-order valence-electron chi connectivity index (χ4n) is 2.38. The molecule has 2 N–H and O–H groups in total. The summed E-state index contributed by atoms with van der Waals surface area (Å²) in [7, 11) is 0. The third-order valence-electron chi connectivity index (χ3n) is 3.36. The van der Waals surface area contributed by atoms with Crippen LogP contribution >= 0.6 is 27.5 Å². The van der Waals surface area contributed by atoms with Crippen molar-refractivity contribution >= 4 is 45.1 Å². The van der Waals surface area contributed by atoms with Crippen LogP contribution in [0, 0.1) is 11.8 Å². The van der Waals surface area contributed by atoms with Crippen molar-refractivity contribution in [1.82, 2.24) is 0 Å². The van der Waals surface area contributed by atoms with Crippen LogP contribution in [0.15, 0.2) is 22.7 Å². The molecule has 0 spiro atoms. The number of halogens is 2. The molecule has 2 rings (SSSR count). The lowest BCUT2D eigenvalue weighted by molar-refractivity contribution is -0.145. The van der Waals surface area contributed by atoms with Crippen LogP contribution in [0.5, 0.6) is 0 Å². The zero-order chi connectivity index (χ0) is 14.0. The maximum absolute atomic E-state index is 12.1. The first kappa shape index (κ1) is 14.3. The lowest BCUT2D eigenvalue weighted by Gasteiger charge is -2.15. The summed E-state index contributed by atoms with van der Waals surface area (Å²) < 4.78 is 0.688. The van der Waals surface area contributed by atoms with Gasteiger partial charge in [-0.25, -0.2) is 0 Å². The van der Waals surface area contributed by atoms with Crippen LogP contribution in [-0.4, -0.2) is 17.0 Å². The van der Waals surface area contributed by atoms with Crippen molar-refractivity contribution in [3.63, 3.8) is 0 Å². The summed E-state index contributed by atoms with van der Waals surface area (Å²) >= 11 is 9.15. The van der Waals surface area contributed by atoms with Gasteiger partial charge in [-0.2, -0.15) is 0 Å². The van der Waals surface area contributed by atoms with Crippen molar-refractivity contribution in [2.45, 2.75) is 19.3 Å². The van der Waals surface area contributed by atoms with Crippen LogP contribution in [0.2, 0.25) is 5.02 Å². The number of carbonyl (C=O) groups is 2. The molecule has 19 heavy (non-hydrogen) atoms. The van der Waals surface area contributed by atoms with Gasteiger partial charge in [-0.3, -0.25) is 9.59 Å². The fourth-order valence-corrected chi connectivity index (χ4v) is 2.87. The van der Waals surface area contributed by atoms with Crippen molar-refractivity contribution < 1.29 is 14.7 Å². The molecule has 6 heteroatoms. The molecule has 1 aromatic carbocycles. The topological polar surface area (TPSA) is 66.4 Å². The molecule has 2 unspecified atom stereocenters. The first-order valence-electron chi connectivity index (χ1n) is 5.98. The molecule has 0 bridgehead atoms. The maximum Gasteiger partial charge on any atom is 0.307 e. The smallest absolute Gasteiger partial charge is 0.307 e. The minimum absolute atomic E-state index is 0.237. The van der Waals surface area contributed by atoms with E-state index in [2.05, 4.69) is 21.2 Å². The minimum Gasteiger partial charge on any atom is -0.481 e. The summed E-state index contributed by atoms with van der Waals surface area (Å²) in [5, 5.41) is 12.4. The standard InChI is InChI=1S/C13H13BrClNO3/c14-10-6-7(4-5-11(10)15)16-12(17)8-2-1-3-9(8)13(18)19/h4-6,8-9H,1-3H2,(H,16,17)(H,18,19). The summed E-state index contributed by atoms with van der Waals surface area (Å²) in [6.07, 6.45) is 1.97. The number of hydrogen-bond acceptors (Lipinski definition) is 2. The molecule has 1 aliphatic carbocycles. The number of hydrogen-bond donors (Lipinski definition) is 2. The van der Waals surface area contributed by atoms with Crippen LogP contribution in [0.3, 0.4) is 0 Å². The predicted molar refractivity (Wildman–Crippen MR) is 76.2 cm³/mol. The van der Waals surface area contributed by atoms with Gasteiger partial charge in [0.25, 0.3) is 0 Å². The number of nitrogens with one attached hydrogen (secondary N) is 1. The van der Waals surface area contributed by atoms with E-state index in [4.69, 9.17) is 16.7 Å². The minimum atomic E-state index is -0.894. The summed E-state index contributed by atoms with van der Waals surface area (Å²) in [6, 6.07) is 5.06. The first-order valence-corrected chi connectivity index (χ1v) is 7.15. The molecule has 1 amide bonds. The molecule has 2 atom stereocenters. The van der Waals surface area contributed by atoms with E-state index >= 15 is 0 Å². The second-order valence-electron chi connectivity index (χ2n) is 4.60. The lowest BCUT2D eigenvalue weighted by atomic mass is 9.95. The van der Waals surface area contributed by atoms with Gasteiger partial charge in [-0.15, -0.1) is 0 Å². The van der Waals surface area contributed by atoms with Crippen molar-refractivity contribution in [2.75, 3.05) is 5.32 Å². The molecule has 0 aromatic heterocycles. The van der Waals surface area contributed by atoms with Gasteiger partial charge < -0.3 is 10.4 Å². The molecule has 1 fully saturated rings. The molecular weight excluding hydrogens is 334 g/mol. The molecule has 0 saturated heterocycles. The van der Waals surface area contributed by atoms with Gasteiger partial charge >= 0.3 is 5.97 Å². The predicted octanol–water partition coefficient (Wildman–Crippen LogP) is 3.54. The van der Waals surface area contributed by atoms with Gasteiger partial charge in [0.2, 0.25) is 5.91 Å². The maximum atomic E-state index is 12.1. The quantitative estimate of drug-likeness (QED) is 0.879. The summed E-state index contributed by atoms with van der Waals surface area (Å²) in [4.78, 5) is 23.2. The van der Waals surface area contributed by atoms with Crippen LogP contribution in [-0.2, 0) is 9.59 Å². The largest absolute Gasteiger partial charge is 0.481 e. The highest BCUT2D eigenvalue weighted by atomic mass is 79.9. The number of rotatable bonds is 3. The molecule has 4 nitrogen and oxygen atoms in total. The van der Waals surface area contributed by atoms with Gasteiger partial charge in [0.1, 0.15) is 0 Å². The van der Waals surface area contributed by atoms with Crippen LogP contribution in [0.4, 0.5) is 5.69 Å². The van der Waals surface area contributed by atoms with Gasteiger partial charge in [0.15, 0.2) is 0 Å². The lowest BCUT2D eigenvalue weighted by Crippen LogP contribution is -2.29. The Morgan fingerprint density at radius 3 is 2.63 bits per heavy atom. The molecule has 0 heterocycles. The third-order valence-corrected chi connectivity index (χ3v) is 4.57. The molecule has 1 saturated carbocycles. The van der Waals surface area contributed by atoms with E-state index in [0.717, 1.165) is 6.42 Å². The Morgan fingerprint density at radius 1 is 1.32 bits per heavy atom. The highest BCUT2D eigenvalue weighted by Crippen LogP contribution is 2.33. The van der Waals surface area contributed by atoms with Crippen molar-refractivity contribution in [2.24, 2.45) is 11.8 Å². The highest BCUT2D eigenvalue weighted by molar-refractivity contribution is 9.10. The monoisotopic (exact) mass is 345 g/mol. The van der Waals surface area contributed by atoms with Gasteiger partial charge in [0, 0.05) is 10.2 Å². The number of carbonyl (C=O) groups excluding carboxylic acids is 1. The Bertz CT molecular complexity index is 521. The second-order valence-corrected chi connectivity index (χ2v) is 5.86. The Balaban J connectivity index is 2.08. The molecule has 1 aliphatic rings. The molecule has 102 valence electrons. The van der Waals surface area contributed by atoms with E-state index in [9.17, 15) is 9.59 Å².